The number of rotatable bonds is 2. The molecule has 1 aliphatic heterocycles. The molecule has 0 N–H and O–H groups in total. The standard InChI is InChI=1S/C17H27N/c1-16-12-17(16,2)14-18(13-16)11-7-6-10-15-8-4-3-5-9-15/h15H,3-5,8-14H2,1-2H3/t16-,17+. The highest BCUT2D eigenvalue weighted by Crippen LogP contribution is 2.67. The van der Waals surface area contributed by atoms with Crippen LogP contribution < -0.4 is 0 Å². The summed E-state index contributed by atoms with van der Waals surface area (Å²) in [5, 5.41) is 0. The fourth-order valence-electron chi connectivity index (χ4n) is 4.24. The molecule has 0 aromatic heterocycles. The molecule has 0 radical (unpaired) electrons. The Kier molecular flexibility index (Phi) is 3.18. The maximum atomic E-state index is 3.45. The van der Waals surface area contributed by atoms with Crippen molar-refractivity contribution < 1.29 is 0 Å². The number of nitrogens with zero attached hydrogens (tertiary/aromatic N) is 1. The quantitative estimate of drug-likeness (QED) is 0.671. The van der Waals surface area contributed by atoms with E-state index in [-0.39, 0.29) is 0 Å². The van der Waals surface area contributed by atoms with E-state index in [1.54, 1.807) is 0 Å². The fraction of sp³-hybridized carbons (Fsp3) is 0.882. The molecule has 100 valence electrons. The lowest BCUT2D eigenvalue weighted by atomic mass is 9.87. The number of fused-ring (bicyclic) bond motifs is 1. The van der Waals surface area contributed by atoms with Crippen LogP contribution in [0.1, 0.15) is 58.8 Å². The van der Waals surface area contributed by atoms with Crippen molar-refractivity contribution in [2.45, 2.75) is 58.8 Å². The van der Waals surface area contributed by atoms with Crippen molar-refractivity contribution in [3.8, 4) is 11.8 Å². The van der Waals surface area contributed by atoms with Crippen LogP contribution in [0, 0.1) is 28.6 Å². The van der Waals surface area contributed by atoms with Crippen LogP contribution in [-0.2, 0) is 0 Å². The zero-order chi connectivity index (χ0) is 12.6. The van der Waals surface area contributed by atoms with E-state index in [0.29, 0.717) is 10.8 Å². The van der Waals surface area contributed by atoms with Crippen LogP contribution in [0.5, 0.6) is 0 Å². The molecule has 1 heteroatoms. The zero-order valence-corrected chi connectivity index (χ0v) is 12.1. The lowest BCUT2D eigenvalue weighted by Crippen LogP contribution is -2.25. The molecule has 2 aliphatic carbocycles. The molecule has 0 aromatic rings. The zero-order valence-electron chi connectivity index (χ0n) is 12.1. The Morgan fingerprint density at radius 3 is 2.33 bits per heavy atom. The molecule has 0 aromatic carbocycles. The summed E-state index contributed by atoms with van der Waals surface area (Å²) in [5.41, 5.74) is 1.25. The van der Waals surface area contributed by atoms with Gasteiger partial charge in [-0.3, -0.25) is 4.90 Å². The van der Waals surface area contributed by atoms with Gasteiger partial charge in [0, 0.05) is 19.5 Å². The van der Waals surface area contributed by atoms with Gasteiger partial charge in [0.1, 0.15) is 0 Å². The monoisotopic (exact) mass is 245 g/mol. The highest BCUT2D eigenvalue weighted by atomic mass is 15.2. The predicted octanol–water partition coefficient (Wildman–Crippen LogP) is 3.69. The Labute approximate surface area is 112 Å². The van der Waals surface area contributed by atoms with E-state index in [9.17, 15) is 0 Å². The number of hydrogen-bond acceptors (Lipinski definition) is 1. The van der Waals surface area contributed by atoms with Gasteiger partial charge in [0.05, 0.1) is 6.54 Å². The number of hydrogen-bond donors (Lipinski definition) is 0. The van der Waals surface area contributed by atoms with Gasteiger partial charge in [-0.1, -0.05) is 39.0 Å². The van der Waals surface area contributed by atoms with Gasteiger partial charge < -0.3 is 0 Å². The summed E-state index contributed by atoms with van der Waals surface area (Å²) in [4.78, 5) is 2.57. The summed E-state index contributed by atoms with van der Waals surface area (Å²) in [6, 6.07) is 0. The van der Waals surface area contributed by atoms with Crippen LogP contribution in [0.3, 0.4) is 0 Å². The maximum absolute atomic E-state index is 3.45. The predicted molar refractivity (Wildman–Crippen MR) is 76.2 cm³/mol. The maximum Gasteiger partial charge on any atom is 0.0601 e. The fourth-order valence-corrected chi connectivity index (χ4v) is 4.24. The Bertz CT molecular complexity index is 355. The van der Waals surface area contributed by atoms with Gasteiger partial charge in [0.15, 0.2) is 0 Å². The van der Waals surface area contributed by atoms with Crippen molar-refractivity contribution in [3.05, 3.63) is 0 Å². The summed E-state index contributed by atoms with van der Waals surface area (Å²) >= 11 is 0. The van der Waals surface area contributed by atoms with E-state index in [4.69, 9.17) is 0 Å². The largest absolute Gasteiger partial charge is 0.291 e. The molecule has 18 heavy (non-hydrogen) atoms. The Balaban J connectivity index is 1.40. The van der Waals surface area contributed by atoms with E-state index in [1.807, 2.05) is 0 Å². The van der Waals surface area contributed by atoms with Gasteiger partial charge >= 0.3 is 0 Å². The second-order valence-electron chi connectivity index (χ2n) is 7.50. The van der Waals surface area contributed by atoms with Crippen molar-refractivity contribution in [2.75, 3.05) is 19.6 Å². The van der Waals surface area contributed by atoms with E-state index in [1.165, 1.54) is 51.6 Å². The van der Waals surface area contributed by atoms with Gasteiger partial charge in [-0.2, -0.15) is 0 Å². The van der Waals surface area contributed by atoms with Gasteiger partial charge in [0.2, 0.25) is 0 Å². The van der Waals surface area contributed by atoms with Crippen LogP contribution in [0.2, 0.25) is 0 Å². The third-order valence-electron chi connectivity index (χ3n) is 5.80. The first-order valence-electron chi connectivity index (χ1n) is 7.79. The van der Waals surface area contributed by atoms with Gasteiger partial charge in [0.25, 0.3) is 0 Å². The molecular formula is C17H27N. The Morgan fingerprint density at radius 1 is 1.00 bits per heavy atom. The lowest BCUT2D eigenvalue weighted by Gasteiger charge is -2.19. The van der Waals surface area contributed by atoms with Crippen LogP contribution in [0.15, 0.2) is 0 Å². The third-order valence-corrected chi connectivity index (χ3v) is 5.80. The number of piperidine rings is 1. The molecule has 0 spiro atoms. The first kappa shape index (κ1) is 12.5. The van der Waals surface area contributed by atoms with Crippen LogP contribution >= 0.6 is 0 Å². The molecule has 0 unspecified atom stereocenters. The average molecular weight is 245 g/mol. The minimum atomic E-state index is 0.623. The molecule has 1 saturated heterocycles. The van der Waals surface area contributed by atoms with E-state index in [2.05, 4.69) is 30.6 Å². The van der Waals surface area contributed by atoms with Crippen molar-refractivity contribution in [2.24, 2.45) is 16.7 Å². The molecule has 3 rings (SSSR count). The molecule has 0 amide bonds. The normalized spacial score (nSPS) is 40.1. The molecular weight excluding hydrogens is 218 g/mol. The minimum Gasteiger partial charge on any atom is -0.291 e. The highest BCUT2D eigenvalue weighted by molar-refractivity contribution is 5.18. The van der Waals surface area contributed by atoms with E-state index >= 15 is 0 Å². The second-order valence-corrected chi connectivity index (χ2v) is 7.50. The van der Waals surface area contributed by atoms with Crippen molar-refractivity contribution in [3.63, 3.8) is 0 Å². The third kappa shape index (κ3) is 2.32. The topological polar surface area (TPSA) is 3.24 Å². The van der Waals surface area contributed by atoms with E-state index in [0.717, 1.165) is 18.9 Å². The van der Waals surface area contributed by atoms with Crippen molar-refractivity contribution in [1.29, 1.82) is 0 Å². The van der Waals surface area contributed by atoms with Gasteiger partial charge in [-0.15, -0.1) is 5.92 Å². The summed E-state index contributed by atoms with van der Waals surface area (Å²) in [5.74, 6) is 7.78. The Hall–Kier alpha value is -0.480. The average Bonchev–Trinajstić information content (AvgIpc) is 2.76. The minimum absolute atomic E-state index is 0.623. The molecule has 1 heterocycles. The molecule has 3 aliphatic rings. The molecule has 0 bridgehead atoms. The molecule has 2 atom stereocenters. The van der Waals surface area contributed by atoms with E-state index < -0.39 is 0 Å². The summed E-state index contributed by atoms with van der Waals surface area (Å²) in [7, 11) is 0. The summed E-state index contributed by atoms with van der Waals surface area (Å²) < 4.78 is 0. The van der Waals surface area contributed by atoms with Gasteiger partial charge in [-0.05, 0) is 36.0 Å². The number of likely N-dealkylation sites (tertiary alicyclic amines) is 1. The summed E-state index contributed by atoms with van der Waals surface area (Å²) in [6.07, 6.45) is 9.77. The Morgan fingerprint density at radius 2 is 1.67 bits per heavy atom. The first-order valence-corrected chi connectivity index (χ1v) is 7.79. The lowest BCUT2D eigenvalue weighted by molar-refractivity contribution is 0.309. The molecule has 2 saturated carbocycles. The van der Waals surface area contributed by atoms with Crippen LogP contribution in [0.25, 0.3) is 0 Å². The summed E-state index contributed by atoms with van der Waals surface area (Å²) in [6.45, 7) is 8.46. The van der Waals surface area contributed by atoms with Crippen LogP contribution in [-0.4, -0.2) is 24.5 Å². The smallest absolute Gasteiger partial charge is 0.0601 e. The van der Waals surface area contributed by atoms with Crippen molar-refractivity contribution >= 4 is 0 Å². The first-order chi connectivity index (χ1) is 8.61. The molecule has 3 fully saturated rings. The SMILES string of the molecule is C[C@@]12CN(CC#CCC3CCCCC3)C[C@]1(C)C2. The highest BCUT2D eigenvalue weighted by Gasteiger charge is 2.65. The van der Waals surface area contributed by atoms with Crippen molar-refractivity contribution in [1.82, 2.24) is 4.90 Å². The van der Waals surface area contributed by atoms with Gasteiger partial charge in [-0.25, -0.2) is 0 Å². The van der Waals surface area contributed by atoms with Crippen LogP contribution in [0.4, 0.5) is 0 Å². The molecule has 1 nitrogen and oxygen atoms in total. The second kappa shape index (κ2) is 4.57.